The molecule has 3 heteroatoms. The Morgan fingerprint density at radius 1 is 1.22 bits per heavy atom. The van der Waals surface area contributed by atoms with E-state index in [1.165, 1.54) is 22.2 Å². The molecule has 3 aromatic rings. The topological polar surface area (TPSA) is 44.5 Å². The highest BCUT2D eigenvalue weighted by Gasteiger charge is 2.14. The van der Waals surface area contributed by atoms with Crippen molar-refractivity contribution in [2.24, 2.45) is 0 Å². The molecule has 0 aliphatic carbocycles. The van der Waals surface area contributed by atoms with Crippen LogP contribution in [0.4, 0.5) is 0 Å². The quantitative estimate of drug-likeness (QED) is 0.720. The Morgan fingerprint density at radius 3 is 2.78 bits per heavy atom. The molecule has 0 aliphatic rings. The fraction of sp³-hybridized carbons (Fsp3) is 0.267. The monoisotopic (exact) mass is 239 g/mol. The summed E-state index contributed by atoms with van der Waals surface area (Å²) in [4.78, 5) is 11.0. The molecule has 18 heavy (non-hydrogen) atoms. The van der Waals surface area contributed by atoms with Gasteiger partial charge >= 0.3 is 0 Å². The van der Waals surface area contributed by atoms with Crippen LogP contribution in [-0.2, 0) is 6.42 Å². The third-order valence-electron chi connectivity index (χ3n) is 3.32. The summed E-state index contributed by atoms with van der Waals surface area (Å²) in [5.41, 5.74) is 3.88. The van der Waals surface area contributed by atoms with Gasteiger partial charge in [-0.15, -0.1) is 0 Å². The SMILES string of the molecule is CC(C)c1[nH]c2ccccc2c1Cc1ncc[nH]1. The van der Waals surface area contributed by atoms with E-state index in [1.807, 2.05) is 6.20 Å². The van der Waals surface area contributed by atoms with E-state index in [2.05, 4.69) is 53.1 Å². The second kappa shape index (κ2) is 4.33. The first-order chi connectivity index (χ1) is 8.75. The van der Waals surface area contributed by atoms with Crippen LogP contribution >= 0.6 is 0 Å². The predicted octanol–water partition coefficient (Wildman–Crippen LogP) is 3.61. The number of fused-ring (bicyclic) bond motifs is 1. The second-order valence-corrected chi connectivity index (χ2v) is 4.93. The summed E-state index contributed by atoms with van der Waals surface area (Å²) >= 11 is 0. The lowest BCUT2D eigenvalue weighted by atomic mass is 10.0. The van der Waals surface area contributed by atoms with Crippen LogP contribution in [-0.4, -0.2) is 15.0 Å². The highest BCUT2D eigenvalue weighted by Crippen LogP contribution is 2.28. The first-order valence-corrected chi connectivity index (χ1v) is 6.33. The number of benzene rings is 1. The minimum Gasteiger partial charge on any atom is -0.358 e. The van der Waals surface area contributed by atoms with Crippen molar-refractivity contribution in [2.45, 2.75) is 26.2 Å². The molecule has 0 radical (unpaired) electrons. The number of aromatic amines is 2. The van der Waals surface area contributed by atoms with E-state index in [-0.39, 0.29) is 0 Å². The molecular formula is C15H17N3. The molecule has 0 aliphatic heterocycles. The summed E-state index contributed by atoms with van der Waals surface area (Å²) in [6, 6.07) is 8.47. The molecule has 0 atom stereocenters. The van der Waals surface area contributed by atoms with E-state index in [1.54, 1.807) is 6.20 Å². The molecule has 3 rings (SSSR count). The van der Waals surface area contributed by atoms with Gasteiger partial charge in [0, 0.05) is 35.4 Å². The molecule has 0 unspecified atom stereocenters. The van der Waals surface area contributed by atoms with E-state index in [4.69, 9.17) is 0 Å². The van der Waals surface area contributed by atoms with Crippen molar-refractivity contribution in [2.75, 3.05) is 0 Å². The molecule has 1 aromatic carbocycles. The zero-order chi connectivity index (χ0) is 12.5. The molecule has 2 heterocycles. The van der Waals surface area contributed by atoms with Gasteiger partial charge in [-0.1, -0.05) is 32.0 Å². The zero-order valence-corrected chi connectivity index (χ0v) is 10.7. The van der Waals surface area contributed by atoms with Gasteiger partial charge in [-0.2, -0.15) is 0 Å². The van der Waals surface area contributed by atoms with Crippen LogP contribution in [0.15, 0.2) is 36.7 Å². The average Bonchev–Trinajstić information content (AvgIpc) is 2.98. The third kappa shape index (κ3) is 1.82. The standard InChI is InChI=1S/C15H17N3/c1-10(2)15-12(9-14-16-7-8-17-14)11-5-3-4-6-13(11)18-15/h3-8,10,18H,9H2,1-2H3,(H,16,17). The van der Waals surface area contributed by atoms with Crippen molar-refractivity contribution in [3.05, 3.63) is 53.7 Å². The molecule has 0 spiro atoms. The predicted molar refractivity (Wildman–Crippen MR) is 73.8 cm³/mol. The van der Waals surface area contributed by atoms with Crippen molar-refractivity contribution < 1.29 is 0 Å². The lowest BCUT2D eigenvalue weighted by Gasteiger charge is -2.06. The summed E-state index contributed by atoms with van der Waals surface area (Å²) in [5.74, 6) is 1.50. The number of rotatable bonds is 3. The maximum atomic E-state index is 4.33. The van der Waals surface area contributed by atoms with Crippen LogP contribution in [0.3, 0.4) is 0 Å². The number of nitrogens with one attached hydrogen (secondary N) is 2. The van der Waals surface area contributed by atoms with Gasteiger partial charge in [0.15, 0.2) is 0 Å². The molecular weight excluding hydrogens is 222 g/mol. The number of nitrogens with zero attached hydrogens (tertiary/aromatic N) is 1. The van der Waals surface area contributed by atoms with Crippen LogP contribution in [0.2, 0.25) is 0 Å². The van der Waals surface area contributed by atoms with Crippen molar-refractivity contribution >= 4 is 10.9 Å². The Balaban J connectivity index is 2.15. The van der Waals surface area contributed by atoms with E-state index in [0.29, 0.717) is 5.92 Å². The minimum absolute atomic E-state index is 0.488. The molecule has 0 saturated heterocycles. The summed E-state index contributed by atoms with van der Waals surface area (Å²) in [6.45, 7) is 4.44. The Morgan fingerprint density at radius 2 is 2.06 bits per heavy atom. The summed E-state index contributed by atoms with van der Waals surface area (Å²) < 4.78 is 0. The summed E-state index contributed by atoms with van der Waals surface area (Å²) in [7, 11) is 0. The van der Waals surface area contributed by atoms with E-state index >= 15 is 0 Å². The number of para-hydroxylation sites is 1. The van der Waals surface area contributed by atoms with Gasteiger partial charge < -0.3 is 9.97 Å². The molecule has 3 nitrogen and oxygen atoms in total. The summed E-state index contributed by atoms with van der Waals surface area (Å²) in [5, 5.41) is 1.30. The molecule has 2 aromatic heterocycles. The maximum Gasteiger partial charge on any atom is 0.110 e. The first kappa shape index (κ1) is 11.1. The van der Waals surface area contributed by atoms with E-state index in [0.717, 1.165) is 12.2 Å². The lowest BCUT2D eigenvalue weighted by molar-refractivity contribution is 0.817. The van der Waals surface area contributed by atoms with Crippen molar-refractivity contribution in [1.82, 2.24) is 15.0 Å². The highest BCUT2D eigenvalue weighted by molar-refractivity contribution is 5.85. The summed E-state index contributed by atoms with van der Waals surface area (Å²) in [6.07, 6.45) is 4.53. The van der Waals surface area contributed by atoms with Crippen LogP contribution < -0.4 is 0 Å². The van der Waals surface area contributed by atoms with Gasteiger partial charge in [0.25, 0.3) is 0 Å². The first-order valence-electron chi connectivity index (χ1n) is 6.33. The molecule has 2 N–H and O–H groups in total. The number of imidazole rings is 1. The smallest absolute Gasteiger partial charge is 0.110 e. The van der Waals surface area contributed by atoms with Gasteiger partial charge in [-0.25, -0.2) is 4.98 Å². The van der Waals surface area contributed by atoms with Crippen molar-refractivity contribution in [3.63, 3.8) is 0 Å². The number of hydrogen-bond acceptors (Lipinski definition) is 1. The fourth-order valence-corrected chi connectivity index (χ4v) is 2.47. The Hall–Kier alpha value is -2.03. The Kier molecular flexibility index (Phi) is 2.67. The van der Waals surface area contributed by atoms with Gasteiger partial charge in [-0.3, -0.25) is 0 Å². The second-order valence-electron chi connectivity index (χ2n) is 4.93. The van der Waals surface area contributed by atoms with E-state index in [9.17, 15) is 0 Å². The van der Waals surface area contributed by atoms with Gasteiger partial charge in [-0.05, 0) is 17.5 Å². The minimum atomic E-state index is 0.488. The maximum absolute atomic E-state index is 4.33. The van der Waals surface area contributed by atoms with Crippen molar-refractivity contribution in [3.8, 4) is 0 Å². The highest BCUT2D eigenvalue weighted by atomic mass is 14.9. The Bertz CT molecular complexity index is 647. The largest absolute Gasteiger partial charge is 0.358 e. The van der Waals surface area contributed by atoms with E-state index < -0.39 is 0 Å². The van der Waals surface area contributed by atoms with Crippen LogP contribution in [0, 0.1) is 0 Å². The van der Waals surface area contributed by atoms with Gasteiger partial charge in [0.1, 0.15) is 5.82 Å². The van der Waals surface area contributed by atoms with Crippen LogP contribution in [0.5, 0.6) is 0 Å². The Labute approximate surface area is 106 Å². The molecule has 0 bridgehead atoms. The van der Waals surface area contributed by atoms with Gasteiger partial charge in [0.2, 0.25) is 0 Å². The number of H-pyrrole nitrogens is 2. The third-order valence-corrected chi connectivity index (χ3v) is 3.32. The van der Waals surface area contributed by atoms with Crippen LogP contribution in [0.25, 0.3) is 10.9 Å². The zero-order valence-electron chi connectivity index (χ0n) is 10.7. The van der Waals surface area contributed by atoms with Crippen molar-refractivity contribution in [1.29, 1.82) is 0 Å². The van der Waals surface area contributed by atoms with Crippen LogP contribution in [0.1, 0.15) is 36.8 Å². The molecule has 0 fully saturated rings. The molecule has 0 saturated carbocycles. The lowest BCUT2D eigenvalue weighted by Crippen LogP contribution is -1.97. The number of aromatic nitrogens is 3. The number of hydrogen-bond donors (Lipinski definition) is 2. The average molecular weight is 239 g/mol. The van der Waals surface area contributed by atoms with Gasteiger partial charge in [0.05, 0.1) is 0 Å². The normalized spacial score (nSPS) is 11.5. The molecule has 0 amide bonds. The molecule has 92 valence electrons. The fourth-order valence-electron chi connectivity index (χ4n) is 2.47.